The van der Waals surface area contributed by atoms with Gasteiger partial charge in [-0.3, -0.25) is 9.89 Å². The van der Waals surface area contributed by atoms with E-state index in [0.29, 0.717) is 12.0 Å². The molecule has 5 nitrogen and oxygen atoms in total. The predicted molar refractivity (Wildman–Crippen MR) is 121 cm³/mol. The van der Waals surface area contributed by atoms with Gasteiger partial charge >= 0.3 is 0 Å². The molecule has 2 rings (SSSR count). The highest BCUT2D eigenvalue weighted by molar-refractivity contribution is 14.0. The van der Waals surface area contributed by atoms with Crippen LogP contribution in [0, 0.1) is 5.92 Å². The smallest absolute Gasteiger partial charge is 0.191 e. The van der Waals surface area contributed by atoms with Gasteiger partial charge in [0, 0.05) is 39.3 Å². The van der Waals surface area contributed by atoms with Gasteiger partial charge in [-0.25, -0.2) is 0 Å². The number of halogens is 1. The van der Waals surface area contributed by atoms with Crippen LogP contribution in [0.25, 0.3) is 0 Å². The zero-order chi connectivity index (χ0) is 17.9. The molecule has 0 spiro atoms. The summed E-state index contributed by atoms with van der Waals surface area (Å²) >= 11 is 0. The number of rotatable bonds is 8. The minimum Gasteiger partial charge on any atom is -0.379 e. The SMILES string of the molecule is CN=C(NCCc1ccccc1)NCC(CC(C)C)N1CCOCC1.I. The van der Waals surface area contributed by atoms with E-state index in [-0.39, 0.29) is 24.0 Å². The summed E-state index contributed by atoms with van der Waals surface area (Å²) in [5.41, 5.74) is 1.34. The lowest BCUT2D eigenvalue weighted by atomic mass is 10.0. The number of guanidine groups is 1. The van der Waals surface area contributed by atoms with E-state index in [4.69, 9.17) is 4.74 Å². The van der Waals surface area contributed by atoms with Crippen LogP contribution >= 0.6 is 24.0 Å². The van der Waals surface area contributed by atoms with Crippen LogP contribution < -0.4 is 10.6 Å². The average Bonchev–Trinajstić information content (AvgIpc) is 2.64. The second kappa shape index (κ2) is 13.3. The largest absolute Gasteiger partial charge is 0.379 e. The standard InChI is InChI=1S/C20H34N4O.HI/c1-17(2)15-19(24-11-13-25-14-12-24)16-23-20(21-3)22-10-9-18-7-5-4-6-8-18;/h4-8,17,19H,9-16H2,1-3H3,(H2,21,22,23);1H. The Hall–Kier alpha value is -0.860. The number of hydrogen-bond acceptors (Lipinski definition) is 3. The van der Waals surface area contributed by atoms with Crippen LogP contribution in [0.3, 0.4) is 0 Å². The predicted octanol–water partition coefficient (Wildman–Crippen LogP) is 2.76. The highest BCUT2D eigenvalue weighted by Gasteiger charge is 2.22. The molecular formula is C20H35IN4O. The number of benzene rings is 1. The molecule has 1 atom stereocenters. The molecule has 0 aromatic heterocycles. The fourth-order valence-electron chi connectivity index (χ4n) is 3.25. The van der Waals surface area contributed by atoms with E-state index in [2.05, 4.69) is 64.7 Å². The van der Waals surface area contributed by atoms with Crippen LogP contribution in [0.15, 0.2) is 35.3 Å². The molecule has 2 N–H and O–H groups in total. The second-order valence-electron chi connectivity index (χ2n) is 7.05. The third-order valence-corrected chi connectivity index (χ3v) is 4.58. The van der Waals surface area contributed by atoms with Crippen molar-refractivity contribution in [3.05, 3.63) is 35.9 Å². The van der Waals surface area contributed by atoms with Crippen molar-refractivity contribution in [3.63, 3.8) is 0 Å². The van der Waals surface area contributed by atoms with Crippen LogP contribution in [0.5, 0.6) is 0 Å². The number of nitrogens with zero attached hydrogens (tertiary/aromatic N) is 2. The van der Waals surface area contributed by atoms with E-state index in [1.165, 1.54) is 12.0 Å². The lowest BCUT2D eigenvalue weighted by Crippen LogP contribution is -2.51. The molecule has 0 saturated carbocycles. The summed E-state index contributed by atoms with van der Waals surface area (Å²) < 4.78 is 5.50. The fraction of sp³-hybridized carbons (Fsp3) is 0.650. The maximum Gasteiger partial charge on any atom is 0.191 e. The van der Waals surface area contributed by atoms with Gasteiger partial charge in [0.1, 0.15) is 0 Å². The topological polar surface area (TPSA) is 48.9 Å². The number of hydrogen-bond donors (Lipinski definition) is 2. The summed E-state index contributed by atoms with van der Waals surface area (Å²) in [5, 5.41) is 6.94. The van der Waals surface area contributed by atoms with Crippen molar-refractivity contribution in [1.29, 1.82) is 0 Å². The highest BCUT2D eigenvalue weighted by Crippen LogP contribution is 2.13. The molecule has 148 valence electrons. The summed E-state index contributed by atoms with van der Waals surface area (Å²) in [6.45, 7) is 10.1. The van der Waals surface area contributed by atoms with Crippen LogP contribution in [0.4, 0.5) is 0 Å². The van der Waals surface area contributed by atoms with Gasteiger partial charge in [-0.2, -0.15) is 0 Å². The molecule has 1 aromatic rings. The van der Waals surface area contributed by atoms with E-state index >= 15 is 0 Å². The van der Waals surface area contributed by atoms with Crippen LogP contribution in [-0.4, -0.2) is 63.3 Å². The molecule has 0 aliphatic carbocycles. The molecule has 1 aliphatic heterocycles. The minimum absolute atomic E-state index is 0. The van der Waals surface area contributed by atoms with Gasteiger partial charge in [0.15, 0.2) is 5.96 Å². The number of aliphatic imine (C=N–C) groups is 1. The second-order valence-corrected chi connectivity index (χ2v) is 7.05. The lowest BCUT2D eigenvalue weighted by Gasteiger charge is -2.35. The van der Waals surface area contributed by atoms with Crippen molar-refractivity contribution >= 4 is 29.9 Å². The first-order valence-corrected chi connectivity index (χ1v) is 9.49. The third-order valence-electron chi connectivity index (χ3n) is 4.58. The van der Waals surface area contributed by atoms with E-state index < -0.39 is 0 Å². The molecule has 1 saturated heterocycles. The van der Waals surface area contributed by atoms with Crippen LogP contribution in [-0.2, 0) is 11.2 Å². The Labute approximate surface area is 176 Å². The molecule has 1 aromatic carbocycles. The van der Waals surface area contributed by atoms with Gasteiger partial charge in [0.2, 0.25) is 0 Å². The zero-order valence-electron chi connectivity index (χ0n) is 16.4. The molecule has 0 bridgehead atoms. The normalized spacial score (nSPS) is 16.8. The van der Waals surface area contributed by atoms with E-state index in [9.17, 15) is 0 Å². The molecule has 1 aliphatic rings. The van der Waals surface area contributed by atoms with Gasteiger partial charge in [-0.15, -0.1) is 24.0 Å². The van der Waals surface area contributed by atoms with Crippen molar-refractivity contribution in [1.82, 2.24) is 15.5 Å². The Morgan fingerprint density at radius 1 is 1.15 bits per heavy atom. The summed E-state index contributed by atoms with van der Waals surface area (Å²) in [7, 11) is 1.84. The quantitative estimate of drug-likeness (QED) is 0.346. The Bertz CT molecular complexity index is 504. The van der Waals surface area contributed by atoms with Crippen molar-refractivity contribution in [2.45, 2.75) is 32.7 Å². The van der Waals surface area contributed by atoms with Gasteiger partial charge in [0.25, 0.3) is 0 Å². The van der Waals surface area contributed by atoms with Gasteiger partial charge in [-0.1, -0.05) is 44.2 Å². The lowest BCUT2D eigenvalue weighted by molar-refractivity contribution is 0.0132. The van der Waals surface area contributed by atoms with Crippen molar-refractivity contribution in [2.75, 3.05) is 46.4 Å². The maximum atomic E-state index is 5.50. The van der Waals surface area contributed by atoms with Crippen molar-refractivity contribution in [2.24, 2.45) is 10.9 Å². The van der Waals surface area contributed by atoms with Crippen molar-refractivity contribution < 1.29 is 4.74 Å². The Morgan fingerprint density at radius 3 is 2.46 bits per heavy atom. The highest BCUT2D eigenvalue weighted by atomic mass is 127. The molecule has 0 amide bonds. The Balaban J connectivity index is 0.00000338. The molecule has 0 radical (unpaired) electrons. The Kier molecular flexibility index (Phi) is 11.9. The molecular weight excluding hydrogens is 439 g/mol. The average molecular weight is 474 g/mol. The first-order valence-electron chi connectivity index (χ1n) is 9.49. The van der Waals surface area contributed by atoms with E-state index in [1.54, 1.807) is 0 Å². The maximum absolute atomic E-state index is 5.50. The minimum atomic E-state index is 0. The van der Waals surface area contributed by atoms with E-state index in [0.717, 1.165) is 51.8 Å². The molecule has 1 heterocycles. The number of nitrogens with one attached hydrogen (secondary N) is 2. The monoisotopic (exact) mass is 474 g/mol. The van der Waals surface area contributed by atoms with Crippen LogP contribution in [0.2, 0.25) is 0 Å². The fourth-order valence-corrected chi connectivity index (χ4v) is 3.25. The zero-order valence-corrected chi connectivity index (χ0v) is 18.7. The third kappa shape index (κ3) is 8.68. The summed E-state index contributed by atoms with van der Waals surface area (Å²) in [5.74, 6) is 1.57. The van der Waals surface area contributed by atoms with Gasteiger partial charge < -0.3 is 15.4 Å². The van der Waals surface area contributed by atoms with Gasteiger partial charge in [0.05, 0.1) is 13.2 Å². The van der Waals surface area contributed by atoms with Crippen molar-refractivity contribution in [3.8, 4) is 0 Å². The molecule has 1 unspecified atom stereocenters. The van der Waals surface area contributed by atoms with Gasteiger partial charge in [-0.05, 0) is 24.3 Å². The summed E-state index contributed by atoms with van der Waals surface area (Å²) in [6, 6.07) is 11.1. The number of ether oxygens (including phenoxy) is 1. The first kappa shape index (κ1) is 23.2. The van der Waals surface area contributed by atoms with E-state index in [1.807, 2.05) is 7.05 Å². The first-order chi connectivity index (χ1) is 12.2. The molecule has 6 heteroatoms. The molecule has 26 heavy (non-hydrogen) atoms. The Morgan fingerprint density at radius 2 is 1.85 bits per heavy atom. The summed E-state index contributed by atoms with van der Waals surface area (Å²) in [4.78, 5) is 6.92. The summed E-state index contributed by atoms with van der Waals surface area (Å²) in [6.07, 6.45) is 2.19. The molecule has 1 fully saturated rings. The van der Waals surface area contributed by atoms with Crippen LogP contribution in [0.1, 0.15) is 25.8 Å². The number of morpholine rings is 1.